The fourth-order valence-electron chi connectivity index (χ4n) is 2.28. The summed E-state index contributed by atoms with van der Waals surface area (Å²) in [6.07, 6.45) is 2.79. The van der Waals surface area contributed by atoms with Crippen LogP contribution in [0, 0.1) is 13.8 Å². The van der Waals surface area contributed by atoms with Gasteiger partial charge in [0, 0.05) is 12.1 Å². The molecule has 0 bridgehead atoms. The van der Waals surface area contributed by atoms with Gasteiger partial charge in [-0.3, -0.25) is 0 Å². The molecule has 110 valence electrons. The molecule has 1 heterocycles. The summed E-state index contributed by atoms with van der Waals surface area (Å²) in [6, 6.07) is 8.15. The quantitative estimate of drug-likeness (QED) is 0.908. The van der Waals surface area contributed by atoms with Crippen LogP contribution in [-0.4, -0.2) is 22.8 Å². The summed E-state index contributed by atoms with van der Waals surface area (Å²) in [7, 11) is 0. The highest BCUT2D eigenvalue weighted by molar-refractivity contribution is 5.67. The molecule has 0 amide bonds. The molecule has 1 aromatic carbocycles. The number of nitrogens with zero attached hydrogens (tertiary/aromatic N) is 2. The fourth-order valence-corrected chi connectivity index (χ4v) is 2.28. The molecule has 0 radical (unpaired) electrons. The van der Waals surface area contributed by atoms with E-state index < -0.39 is 0 Å². The normalized spacial score (nSPS) is 14.0. The van der Waals surface area contributed by atoms with Gasteiger partial charge in [-0.2, -0.15) is 0 Å². The molecule has 1 fully saturated rings. The van der Waals surface area contributed by atoms with Gasteiger partial charge in [0.1, 0.15) is 5.75 Å². The molecule has 21 heavy (non-hydrogen) atoms. The summed E-state index contributed by atoms with van der Waals surface area (Å²) in [5.74, 6) is 1.81. The Labute approximate surface area is 125 Å². The molecule has 1 saturated carbocycles. The molecular weight excluding hydrogens is 262 g/mol. The molecule has 1 aliphatic rings. The molecule has 0 saturated heterocycles. The number of anilines is 1. The van der Waals surface area contributed by atoms with Crippen molar-refractivity contribution >= 4 is 5.82 Å². The van der Waals surface area contributed by atoms with E-state index in [-0.39, 0.29) is 0 Å². The highest BCUT2D eigenvalue weighted by Gasteiger charge is 2.23. The minimum absolute atomic E-state index is 0.430. The van der Waals surface area contributed by atoms with Crippen LogP contribution in [0.25, 0.3) is 11.3 Å². The van der Waals surface area contributed by atoms with Crippen LogP contribution in [0.1, 0.15) is 30.9 Å². The van der Waals surface area contributed by atoms with Crippen molar-refractivity contribution in [3.05, 3.63) is 35.4 Å². The first-order valence-corrected chi connectivity index (χ1v) is 7.54. The van der Waals surface area contributed by atoms with Gasteiger partial charge in [-0.05, 0) is 69.0 Å². The molecule has 0 aliphatic heterocycles. The lowest BCUT2D eigenvalue weighted by Gasteiger charge is -2.12. The molecule has 3 rings (SSSR count). The Bertz CT molecular complexity index is 633. The van der Waals surface area contributed by atoms with Crippen LogP contribution in [0.4, 0.5) is 5.82 Å². The first-order valence-electron chi connectivity index (χ1n) is 7.54. The molecule has 0 unspecified atom stereocenters. The van der Waals surface area contributed by atoms with Crippen LogP contribution >= 0.6 is 0 Å². The van der Waals surface area contributed by atoms with Crippen LogP contribution < -0.4 is 10.1 Å². The van der Waals surface area contributed by atoms with Crippen molar-refractivity contribution < 1.29 is 4.74 Å². The predicted octanol–water partition coefficient (Wildman–Crippen LogP) is 3.73. The Hall–Kier alpha value is -2.10. The lowest BCUT2D eigenvalue weighted by Crippen LogP contribution is -2.06. The second-order valence-corrected chi connectivity index (χ2v) is 5.52. The highest BCUT2D eigenvalue weighted by atomic mass is 16.5. The maximum atomic E-state index is 5.78. The first-order chi connectivity index (χ1) is 10.2. The second-order valence-electron chi connectivity index (χ2n) is 5.52. The van der Waals surface area contributed by atoms with E-state index in [1.165, 1.54) is 12.8 Å². The van der Waals surface area contributed by atoms with Crippen molar-refractivity contribution in [2.45, 2.75) is 39.7 Å². The van der Waals surface area contributed by atoms with E-state index in [0.29, 0.717) is 6.10 Å². The smallest absolute Gasteiger partial charge is 0.151 e. The van der Waals surface area contributed by atoms with Gasteiger partial charge in [-0.15, -0.1) is 10.2 Å². The Balaban J connectivity index is 1.87. The number of benzene rings is 1. The van der Waals surface area contributed by atoms with Gasteiger partial charge in [-0.1, -0.05) is 0 Å². The Morgan fingerprint density at radius 2 is 1.81 bits per heavy atom. The zero-order valence-corrected chi connectivity index (χ0v) is 12.8. The van der Waals surface area contributed by atoms with Crippen molar-refractivity contribution in [2.24, 2.45) is 0 Å². The van der Waals surface area contributed by atoms with E-state index in [2.05, 4.69) is 48.4 Å². The topological polar surface area (TPSA) is 47.0 Å². The summed E-state index contributed by atoms with van der Waals surface area (Å²) in [5, 5.41) is 11.9. The molecule has 2 aromatic rings. The summed E-state index contributed by atoms with van der Waals surface area (Å²) in [5.41, 5.74) is 4.33. The number of hydrogen-bond donors (Lipinski definition) is 1. The first kappa shape index (κ1) is 13.9. The molecule has 1 aromatic heterocycles. The third-order valence-electron chi connectivity index (χ3n) is 3.82. The average molecular weight is 283 g/mol. The lowest BCUT2D eigenvalue weighted by molar-refractivity contribution is 0.303. The van der Waals surface area contributed by atoms with E-state index >= 15 is 0 Å². The van der Waals surface area contributed by atoms with Gasteiger partial charge in [0.15, 0.2) is 5.82 Å². The standard InChI is InChI=1S/C17H21N3O/c1-4-18-17-12(3)11(2)16(19-20-17)13-5-7-14(8-6-13)21-15-9-10-15/h5-8,15H,4,9-10H2,1-3H3,(H,18,20). The molecule has 1 N–H and O–H groups in total. The van der Waals surface area contributed by atoms with E-state index in [1.54, 1.807) is 0 Å². The molecule has 4 heteroatoms. The minimum Gasteiger partial charge on any atom is -0.490 e. The molecule has 1 aliphatic carbocycles. The monoisotopic (exact) mass is 283 g/mol. The average Bonchev–Trinajstić information content (AvgIpc) is 3.30. The number of hydrogen-bond acceptors (Lipinski definition) is 4. The fraction of sp³-hybridized carbons (Fsp3) is 0.412. The van der Waals surface area contributed by atoms with Crippen molar-refractivity contribution in [1.29, 1.82) is 0 Å². The van der Waals surface area contributed by atoms with Crippen molar-refractivity contribution in [1.82, 2.24) is 10.2 Å². The third-order valence-corrected chi connectivity index (χ3v) is 3.82. The van der Waals surface area contributed by atoms with Gasteiger partial charge >= 0.3 is 0 Å². The molecular formula is C17H21N3O. The van der Waals surface area contributed by atoms with E-state index in [4.69, 9.17) is 4.74 Å². The van der Waals surface area contributed by atoms with E-state index in [9.17, 15) is 0 Å². The largest absolute Gasteiger partial charge is 0.490 e. The second kappa shape index (κ2) is 5.72. The minimum atomic E-state index is 0.430. The number of aromatic nitrogens is 2. The Morgan fingerprint density at radius 3 is 2.43 bits per heavy atom. The van der Waals surface area contributed by atoms with Gasteiger partial charge in [0.25, 0.3) is 0 Å². The van der Waals surface area contributed by atoms with E-state index in [1.807, 2.05) is 12.1 Å². The van der Waals surface area contributed by atoms with Crippen LogP contribution in [0.3, 0.4) is 0 Å². The summed E-state index contributed by atoms with van der Waals surface area (Å²) in [6.45, 7) is 7.08. The predicted molar refractivity (Wildman–Crippen MR) is 84.8 cm³/mol. The number of nitrogens with one attached hydrogen (secondary N) is 1. The lowest BCUT2D eigenvalue weighted by atomic mass is 10.0. The summed E-state index contributed by atoms with van der Waals surface area (Å²) in [4.78, 5) is 0. The maximum Gasteiger partial charge on any atom is 0.151 e. The summed E-state index contributed by atoms with van der Waals surface area (Å²) >= 11 is 0. The molecule has 4 nitrogen and oxygen atoms in total. The van der Waals surface area contributed by atoms with Crippen molar-refractivity contribution in [3.8, 4) is 17.0 Å². The van der Waals surface area contributed by atoms with Gasteiger partial charge in [0.2, 0.25) is 0 Å². The number of ether oxygens (including phenoxy) is 1. The van der Waals surface area contributed by atoms with Crippen molar-refractivity contribution in [2.75, 3.05) is 11.9 Å². The third kappa shape index (κ3) is 2.99. The van der Waals surface area contributed by atoms with Crippen LogP contribution in [0.15, 0.2) is 24.3 Å². The van der Waals surface area contributed by atoms with Gasteiger partial charge in [-0.25, -0.2) is 0 Å². The van der Waals surface area contributed by atoms with Crippen molar-refractivity contribution in [3.63, 3.8) is 0 Å². The van der Waals surface area contributed by atoms with E-state index in [0.717, 1.165) is 40.5 Å². The Kier molecular flexibility index (Phi) is 3.78. The van der Waals surface area contributed by atoms with Gasteiger partial charge < -0.3 is 10.1 Å². The SMILES string of the molecule is CCNc1nnc(-c2ccc(OC3CC3)cc2)c(C)c1C. The summed E-state index contributed by atoms with van der Waals surface area (Å²) < 4.78 is 5.78. The zero-order valence-electron chi connectivity index (χ0n) is 12.8. The maximum absolute atomic E-state index is 5.78. The van der Waals surface area contributed by atoms with Crippen LogP contribution in [-0.2, 0) is 0 Å². The zero-order chi connectivity index (χ0) is 14.8. The molecule has 0 atom stereocenters. The molecule has 0 spiro atoms. The van der Waals surface area contributed by atoms with Crippen LogP contribution in [0.5, 0.6) is 5.75 Å². The highest BCUT2D eigenvalue weighted by Crippen LogP contribution is 2.30. The Morgan fingerprint density at radius 1 is 1.10 bits per heavy atom. The van der Waals surface area contributed by atoms with Crippen LogP contribution in [0.2, 0.25) is 0 Å². The number of rotatable bonds is 5. The van der Waals surface area contributed by atoms with Gasteiger partial charge in [0.05, 0.1) is 11.8 Å².